The number of aromatic nitrogens is 4. The van der Waals surface area contributed by atoms with Crippen molar-refractivity contribution in [3.63, 3.8) is 0 Å². The number of carbonyl (C=O) groups is 5. The summed E-state index contributed by atoms with van der Waals surface area (Å²) in [5.41, 5.74) is 7.01. The summed E-state index contributed by atoms with van der Waals surface area (Å²) in [6.45, 7) is 11.6. The largest absolute Gasteiger partial charge is 0.455 e. The van der Waals surface area contributed by atoms with E-state index in [1.54, 1.807) is 47.4 Å². The van der Waals surface area contributed by atoms with Crippen molar-refractivity contribution in [1.29, 1.82) is 0 Å². The summed E-state index contributed by atoms with van der Waals surface area (Å²) in [5, 5.41) is 23.9. The van der Waals surface area contributed by atoms with E-state index >= 15 is 0 Å². The van der Waals surface area contributed by atoms with Gasteiger partial charge in [0.1, 0.15) is 28.9 Å². The van der Waals surface area contributed by atoms with Crippen LogP contribution in [0.3, 0.4) is 0 Å². The summed E-state index contributed by atoms with van der Waals surface area (Å²) in [4.78, 5) is 91.9. The number of anilines is 2. The average molecular weight is 1260 g/mol. The van der Waals surface area contributed by atoms with Crippen molar-refractivity contribution in [3.8, 4) is 23.3 Å². The highest BCUT2D eigenvalue weighted by atomic mass is 35.5. The van der Waals surface area contributed by atoms with Crippen LogP contribution in [0.1, 0.15) is 113 Å². The van der Waals surface area contributed by atoms with E-state index in [2.05, 4.69) is 82.9 Å². The van der Waals surface area contributed by atoms with Gasteiger partial charge in [0.25, 0.3) is 33.4 Å². The molecule has 3 saturated heterocycles. The van der Waals surface area contributed by atoms with E-state index in [9.17, 15) is 42.5 Å². The van der Waals surface area contributed by atoms with Crippen LogP contribution in [0.5, 0.6) is 11.5 Å². The Morgan fingerprint density at radius 2 is 1.68 bits per heavy atom. The van der Waals surface area contributed by atoms with Crippen LogP contribution in [0.2, 0.25) is 5.02 Å². The Hall–Kier alpha value is -9.21. The van der Waals surface area contributed by atoms with Crippen LogP contribution in [0, 0.1) is 33.3 Å². The predicted octanol–water partition coefficient (Wildman–Crippen LogP) is 9.19. The zero-order chi connectivity index (χ0) is 62.8. The molecule has 1 atom stereocenters. The number of likely N-dealkylation sites (tertiary alicyclic amines) is 1. The SMILES string of the molecule is CC1(C)CCC(CN2CCN(c3ccc(C(=O)NS(=O)(=O)c4ccc(NCC5CCN(Cc6cnn(CCC#Cc7cccc8c7C(=O)N(C7CCC(=O)NC7=O)C8=O)c6)CC5)c([N+](=O)[O-])c4)c(Oc4cnc5[nH]ccc5c4)c3)CC2)=C(c2ccc(Cl)cc2)C1. The summed E-state index contributed by atoms with van der Waals surface area (Å²) in [6.07, 6.45) is 12.3. The molecule has 0 bridgehead atoms. The number of hydrogen-bond acceptors (Lipinski definition) is 16. The molecule has 4 aliphatic heterocycles. The fourth-order valence-corrected chi connectivity index (χ4v) is 13.7. The number of fused-ring (bicyclic) bond motifs is 2. The number of hydrogen-bond donors (Lipinski definition) is 4. The minimum absolute atomic E-state index is 0.0281. The number of piperazine rings is 1. The van der Waals surface area contributed by atoms with Crippen LogP contribution in [0.15, 0.2) is 126 Å². The number of benzene rings is 4. The van der Waals surface area contributed by atoms with Crippen molar-refractivity contribution in [2.45, 2.75) is 89.2 Å². The molecule has 464 valence electrons. The van der Waals surface area contributed by atoms with E-state index in [0.29, 0.717) is 61.1 Å². The summed E-state index contributed by atoms with van der Waals surface area (Å²) >= 11 is 6.27. The normalized spacial score (nSPS) is 18.3. The third-order valence-corrected chi connectivity index (χ3v) is 19.2. The predicted molar refractivity (Wildman–Crippen MR) is 338 cm³/mol. The lowest BCUT2D eigenvalue weighted by molar-refractivity contribution is -0.384. The fraction of sp³-hybridized carbons (Fsp3) is 0.348. The number of nitro groups is 1. The smallest absolute Gasteiger partial charge is 0.293 e. The van der Waals surface area contributed by atoms with Crippen LogP contribution in [0.4, 0.5) is 17.1 Å². The lowest BCUT2D eigenvalue weighted by Crippen LogP contribution is -2.54. The number of nitro benzene ring substituents is 1. The highest BCUT2D eigenvalue weighted by Crippen LogP contribution is 2.44. The molecule has 24 heteroatoms. The van der Waals surface area contributed by atoms with Crippen molar-refractivity contribution < 1.29 is 42.1 Å². The molecule has 3 aromatic heterocycles. The zero-order valence-corrected chi connectivity index (χ0v) is 51.4. The molecule has 3 fully saturated rings. The Morgan fingerprint density at radius 3 is 2.46 bits per heavy atom. The molecule has 1 unspecified atom stereocenters. The monoisotopic (exact) mass is 1250 g/mol. The van der Waals surface area contributed by atoms with Gasteiger partial charge in [-0.1, -0.05) is 61.1 Å². The summed E-state index contributed by atoms with van der Waals surface area (Å²) < 4.78 is 38.3. The molecule has 7 heterocycles. The number of pyridine rings is 1. The molecule has 0 spiro atoms. The summed E-state index contributed by atoms with van der Waals surface area (Å²) in [7, 11) is -4.65. The molecule has 4 N–H and O–H groups in total. The highest BCUT2D eigenvalue weighted by Gasteiger charge is 2.45. The number of ether oxygens (including phenoxy) is 1. The first-order chi connectivity index (χ1) is 43.3. The van der Waals surface area contributed by atoms with Gasteiger partial charge in [-0.2, -0.15) is 5.10 Å². The van der Waals surface area contributed by atoms with E-state index in [1.165, 1.54) is 47.2 Å². The third kappa shape index (κ3) is 13.5. The van der Waals surface area contributed by atoms with E-state index in [4.69, 9.17) is 16.3 Å². The molecule has 7 aromatic rings. The van der Waals surface area contributed by atoms with Crippen molar-refractivity contribution in [2.24, 2.45) is 11.3 Å². The molecule has 90 heavy (non-hydrogen) atoms. The molecule has 4 aromatic carbocycles. The van der Waals surface area contributed by atoms with E-state index in [0.717, 1.165) is 92.4 Å². The number of aromatic amines is 1. The highest BCUT2D eigenvalue weighted by molar-refractivity contribution is 7.90. The topological polar surface area (TPSA) is 267 Å². The Labute approximate surface area is 525 Å². The van der Waals surface area contributed by atoms with Crippen LogP contribution in [-0.2, 0) is 32.7 Å². The number of nitrogens with one attached hydrogen (secondary N) is 4. The number of aryl methyl sites for hydroxylation is 1. The molecule has 5 amide bonds. The maximum atomic E-state index is 14.2. The van der Waals surface area contributed by atoms with Gasteiger partial charge in [0.2, 0.25) is 11.8 Å². The van der Waals surface area contributed by atoms with E-state index in [-0.39, 0.29) is 52.3 Å². The second kappa shape index (κ2) is 25.7. The van der Waals surface area contributed by atoms with Gasteiger partial charge in [-0.25, -0.2) is 18.1 Å². The van der Waals surface area contributed by atoms with Gasteiger partial charge < -0.3 is 19.9 Å². The lowest BCUT2D eigenvalue weighted by atomic mass is 9.72. The number of sulfonamides is 1. The Morgan fingerprint density at radius 1 is 0.889 bits per heavy atom. The van der Waals surface area contributed by atoms with Crippen molar-refractivity contribution in [3.05, 3.63) is 170 Å². The molecule has 22 nitrogen and oxygen atoms in total. The second-order valence-electron chi connectivity index (χ2n) is 24.4. The van der Waals surface area contributed by atoms with Crippen LogP contribution >= 0.6 is 11.6 Å². The number of H-pyrrole nitrogens is 1. The van der Waals surface area contributed by atoms with Gasteiger partial charge in [-0.15, -0.1) is 0 Å². The average Bonchev–Trinajstić information content (AvgIpc) is 1.65. The van der Waals surface area contributed by atoms with Crippen LogP contribution < -0.4 is 25.0 Å². The second-order valence-corrected chi connectivity index (χ2v) is 26.5. The van der Waals surface area contributed by atoms with E-state index in [1.807, 2.05) is 24.4 Å². The Kier molecular flexibility index (Phi) is 17.4. The molecule has 5 aliphatic rings. The number of rotatable bonds is 18. The first-order valence-electron chi connectivity index (χ1n) is 30.2. The zero-order valence-electron chi connectivity index (χ0n) is 49.8. The van der Waals surface area contributed by atoms with E-state index < -0.39 is 61.1 Å². The minimum atomic E-state index is -4.65. The molecular weight excluding hydrogens is 1190 g/mol. The Bertz CT molecular complexity index is 4210. The number of amides is 5. The summed E-state index contributed by atoms with van der Waals surface area (Å²) in [6, 6.07) is 24.1. The number of imide groups is 2. The molecule has 0 saturated carbocycles. The van der Waals surface area contributed by atoms with Crippen LogP contribution in [-0.4, -0.2) is 136 Å². The van der Waals surface area contributed by atoms with Gasteiger partial charge in [0, 0.05) is 110 Å². The number of allylic oxidation sites excluding steroid dienone is 1. The standard InChI is InChI=1S/C66H67ClN12O10S/c1-66(2)23-19-47(54(35-66)44-9-11-48(67)12-10-44)41-75-28-30-76(31-29-75)49-13-15-52(58(33-49)89-50-32-46-20-24-68-61(46)70-38-50)62(81)73-90(87,88)51-14-16-55(57(34-51)79(85)86)69-36-42-21-26-74(27-22-42)39-43-37-71-77(40-43)25-4-3-6-45-7-5-8-53-60(45)65(84)78(64(53)83)56-17-18-59(80)72-63(56)82/h5,7-16,20,24,32-34,37-38,40,42,56,69H,4,17-19,21-23,25-31,35-36,39,41H2,1-2H3,(H,68,70)(H,73,81)(H,72,80,82). The van der Waals surface area contributed by atoms with Gasteiger partial charge in [-0.05, 0) is 135 Å². The fourth-order valence-electron chi connectivity index (χ4n) is 12.6. The van der Waals surface area contributed by atoms with Crippen molar-refractivity contribution >= 4 is 84.8 Å². The first kappa shape index (κ1) is 61.0. The lowest BCUT2D eigenvalue weighted by Gasteiger charge is -2.39. The van der Waals surface area contributed by atoms with Gasteiger partial charge >= 0.3 is 0 Å². The Balaban J connectivity index is 0.642. The maximum absolute atomic E-state index is 14.2. The molecule has 1 aliphatic carbocycles. The number of piperidine rings is 2. The van der Waals surface area contributed by atoms with Crippen molar-refractivity contribution in [2.75, 3.05) is 62.6 Å². The van der Waals surface area contributed by atoms with Crippen molar-refractivity contribution in [1.82, 2.24) is 44.5 Å². The third-order valence-electron chi connectivity index (χ3n) is 17.6. The molecule has 12 rings (SSSR count). The molecular formula is C66H67ClN12O10S. The molecule has 0 radical (unpaired) electrons. The quantitative estimate of drug-likeness (QED) is 0.0270. The van der Waals surface area contributed by atoms with Gasteiger partial charge in [0.05, 0.1) is 45.4 Å². The number of carbonyl (C=O) groups excluding carboxylic acids is 5. The van der Waals surface area contributed by atoms with Gasteiger partial charge in [0.15, 0.2) is 0 Å². The minimum Gasteiger partial charge on any atom is -0.455 e. The first-order valence-corrected chi connectivity index (χ1v) is 32.0. The summed E-state index contributed by atoms with van der Waals surface area (Å²) in [5.74, 6) is 3.40. The van der Waals surface area contributed by atoms with Gasteiger partial charge in [-0.3, -0.25) is 58.8 Å². The van der Waals surface area contributed by atoms with Crippen LogP contribution in [0.25, 0.3) is 16.6 Å². The maximum Gasteiger partial charge on any atom is 0.293 e. The number of halogens is 1. The number of nitrogens with zero attached hydrogens (tertiary/aromatic N) is 8.